The van der Waals surface area contributed by atoms with E-state index in [2.05, 4.69) is 37.6 Å². The number of aromatic nitrogens is 3. The van der Waals surface area contributed by atoms with Crippen molar-refractivity contribution in [2.75, 3.05) is 38.0 Å². The van der Waals surface area contributed by atoms with E-state index in [-0.39, 0.29) is 12.0 Å². The molecule has 2 heterocycles. The third-order valence-electron chi connectivity index (χ3n) is 2.98. The molecule has 1 aliphatic rings. The lowest BCUT2D eigenvalue weighted by atomic mass is 10.1. The number of hydrogen-bond acceptors (Lipinski definition) is 8. The molecule has 1 aliphatic heterocycles. The Hall–Kier alpha value is -1.67. The maximum absolute atomic E-state index is 5.30. The van der Waals surface area contributed by atoms with Gasteiger partial charge in [0.2, 0.25) is 11.9 Å². The number of anilines is 2. The fourth-order valence-electron chi connectivity index (χ4n) is 1.91. The summed E-state index contributed by atoms with van der Waals surface area (Å²) in [5.74, 6) is 6.08. The maximum Gasteiger partial charge on any atom is 0.322 e. The minimum Gasteiger partial charge on any atom is -0.467 e. The molecule has 8 heteroatoms. The Morgan fingerprint density at radius 1 is 1.22 bits per heavy atom. The molecule has 0 aliphatic carbocycles. The minimum atomic E-state index is 0.244. The highest BCUT2D eigenvalue weighted by molar-refractivity contribution is 5.35. The Morgan fingerprint density at radius 2 is 1.89 bits per heavy atom. The van der Waals surface area contributed by atoms with Crippen molar-refractivity contribution in [3.63, 3.8) is 0 Å². The molecule has 0 aromatic carbocycles. The summed E-state index contributed by atoms with van der Waals surface area (Å²) in [6, 6.07) is 0.618. The molecule has 0 bridgehead atoms. The van der Waals surface area contributed by atoms with Crippen LogP contribution in [0.4, 0.5) is 11.9 Å². The molecule has 1 aromatic rings. The van der Waals surface area contributed by atoms with Crippen molar-refractivity contribution < 1.29 is 4.74 Å². The SMILES string of the molecule is COc1nc(NN)nc(NC2CCN(C)CC2)n1. The monoisotopic (exact) mass is 253 g/mol. The molecule has 18 heavy (non-hydrogen) atoms. The second kappa shape index (κ2) is 5.78. The van der Waals surface area contributed by atoms with E-state index in [4.69, 9.17) is 10.6 Å². The van der Waals surface area contributed by atoms with Gasteiger partial charge in [-0.25, -0.2) is 5.84 Å². The molecule has 8 nitrogen and oxygen atoms in total. The fourth-order valence-corrected chi connectivity index (χ4v) is 1.91. The van der Waals surface area contributed by atoms with Crippen LogP contribution in [0.5, 0.6) is 6.01 Å². The smallest absolute Gasteiger partial charge is 0.322 e. The normalized spacial score (nSPS) is 17.5. The molecule has 1 aromatic heterocycles. The van der Waals surface area contributed by atoms with Gasteiger partial charge in [0.05, 0.1) is 7.11 Å². The van der Waals surface area contributed by atoms with Gasteiger partial charge < -0.3 is 15.0 Å². The third kappa shape index (κ3) is 3.17. The highest BCUT2D eigenvalue weighted by atomic mass is 16.5. The Bertz CT molecular complexity index is 370. The topological polar surface area (TPSA) is 101 Å². The first-order valence-electron chi connectivity index (χ1n) is 5.93. The van der Waals surface area contributed by atoms with E-state index in [1.165, 1.54) is 7.11 Å². The first kappa shape index (κ1) is 12.8. The second-order valence-corrected chi connectivity index (χ2v) is 4.34. The lowest BCUT2D eigenvalue weighted by Gasteiger charge is -2.29. The van der Waals surface area contributed by atoms with Crippen LogP contribution in [0, 0.1) is 0 Å². The van der Waals surface area contributed by atoms with E-state index in [1.807, 2.05) is 0 Å². The Labute approximate surface area is 106 Å². The van der Waals surface area contributed by atoms with E-state index < -0.39 is 0 Å². The van der Waals surface area contributed by atoms with Crippen LogP contribution < -0.4 is 21.3 Å². The number of nitrogens with two attached hydrogens (primary N) is 1. The fraction of sp³-hybridized carbons (Fsp3) is 0.700. The molecule has 0 unspecified atom stereocenters. The molecule has 4 N–H and O–H groups in total. The van der Waals surface area contributed by atoms with E-state index in [1.54, 1.807) is 0 Å². The Kier molecular flexibility index (Phi) is 4.11. The number of likely N-dealkylation sites (tertiary alicyclic amines) is 1. The van der Waals surface area contributed by atoms with Crippen molar-refractivity contribution in [1.29, 1.82) is 0 Å². The lowest BCUT2D eigenvalue weighted by Crippen LogP contribution is -2.37. The number of nitrogens with one attached hydrogen (secondary N) is 2. The summed E-state index contributed by atoms with van der Waals surface area (Å²) < 4.78 is 5.00. The van der Waals surface area contributed by atoms with Crippen LogP contribution >= 0.6 is 0 Å². The quantitative estimate of drug-likeness (QED) is 0.495. The Balaban J connectivity index is 2.03. The average molecular weight is 253 g/mol. The zero-order chi connectivity index (χ0) is 13.0. The van der Waals surface area contributed by atoms with Gasteiger partial charge in [0.1, 0.15) is 0 Å². The summed E-state index contributed by atoms with van der Waals surface area (Å²) in [7, 11) is 3.63. The van der Waals surface area contributed by atoms with Gasteiger partial charge in [-0.05, 0) is 33.0 Å². The molecule has 0 atom stereocenters. The number of piperidine rings is 1. The third-order valence-corrected chi connectivity index (χ3v) is 2.98. The lowest BCUT2D eigenvalue weighted by molar-refractivity contribution is 0.263. The van der Waals surface area contributed by atoms with Crippen LogP contribution in [-0.2, 0) is 0 Å². The Morgan fingerprint density at radius 3 is 2.50 bits per heavy atom. The van der Waals surface area contributed by atoms with Gasteiger partial charge in [-0.15, -0.1) is 0 Å². The summed E-state index contributed by atoms with van der Waals surface area (Å²) in [5, 5.41) is 3.29. The molecule has 0 saturated carbocycles. The van der Waals surface area contributed by atoms with Gasteiger partial charge >= 0.3 is 6.01 Å². The van der Waals surface area contributed by atoms with Gasteiger partial charge in [-0.3, -0.25) is 5.43 Å². The standard InChI is InChI=1S/C10H19N7O/c1-17-5-3-7(4-6-17)12-8-13-9(16-11)15-10(14-8)18-2/h7H,3-6,11H2,1-2H3,(H2,12,13,14,15,16). The minimum absolute atomic E-state index is 0.244. The molecular formula is C10H19N7O. The van der Waals surface area contributed by atoms with Crippen LogP contribution in [0.15, 0.2) is 0 Å². The number of hydrogen-bond donors (Lipinski definition) is 3. The first-order chi connectivity index (χ1) is 8.71. The van der Waals surface area contributed by atoms with Crippen LogP contribution in [0.1, 0.15) is 12.8 Å². The summed E-state index contributed by atoms with van der Waals surface area (Å²) in [6.45, 7) is 2.14. The zero-order valence-corrected chi connectivity index (χ0v) is 10.7. The molecule has 100 valence electrons. The zero-order valence-electron chi connectivity index (χ0n) is 10.7. The number of hydrazine groups is 1. The number of nitrogens with zero attached hydrogens (tertiary/aromatic N) is 4. The number of nitrogen functional groups attached to an aromatic ring is 1. The van der Waals surface area contributed by atoms with Crippen molar-refractivity contribution >= 4 is 11.9 Å². The van der Waals surface area contributed by atoms with E-state index >= 15 is 0 Å². The van der Waals surface area contributed by atoms with Gasteiger partial charge in [0.25, 0.3) is 0 Å². The maximum atomic E-state index is 5.30. The van der Waals surface area contributed by atoms with E-state index in [0.29, 0.717) is 12.0 Å². The molecule has 1 fully saturated rings. The van der Waals surface area contributed by atoms with Crippen molar-refractivity contribution in [3.8, 4) is 6.01 Å². The van der Waals surface area contributed by atoms with Gasteiger partial charge in [-0.1, -0.05) is 0 Å². The van der Waals surface area contributed by atoms with Crippen LogP contribution in [0.2, 0.25) is 0 Å². The summed E-state index contributed by atoms with van der Waals surface area (Å²) in [5.41, 5.74) is 2.40. The van der Waals surface area contributed by atoms with Crippen molar-refractivity contribution in [3.05, 3.63) is 0 Å². The molecule has 2 rings (SSSR count). The molecule has 0 amide bonds. The predicted molar refractivity (Wildman–Crippen MR) is 68.3 cm³/mol. The predicted octanol–water partition coefficient (Wildman–Crippen LogP) is -0.328. The molecule has 0 spiro atoms. The van der Waals surface area contributed by atoms with Crippen LogP contribution in [0.25, 0.3) is 0 Å². The molecular weight excluding hydrogens is 234 g/mol. The average Bonchev–Trinajstić information content (AvgIpc) is 2.41. The number of methoxy groups -OCH3 is 1. The van der Waals surface area contributed by atoms with Crippen LogP contribution in [-0.4, -0.2) is 53.1 Å². The highest BCUT2D eigenvalue weighted by Crippen LogP contribution is 2.15. The van der Waals surface area contributed by atoms with Gasteiger partial charge in [0.15, 0.2) is 0 Å². The van der Waals surface area contributed by atoms with E-state index in [0.717, 1.165) is 25.9 Å². The molecule has 1 saturated heterocycles. The molecule has 0 radical (unpaired) electrons. The summed E-state index contributed by atoms with van der Waals surface area (Å²) >= 11 is 0. The second-order valence-electron chi connectivity index (χ2n) is 4.34. The van der Waals surface area contributed by atoms with Gasteiger partial charge in [0, 0.05) is 6.04 Å². The highest BCUT2D eigenvalue weighted by Gasteiger charge is 2.18. The largest absolute Gasteiger partial charge is 0.467 e. The first-order valence-corrected chi connectivity index (χ1v) is 5.93. The van der Waals surface area contributed by atoms with Gasteiger partial charge in [-0.2, -0.15) is 15.0 Å². The number of ether oxygens (including phenoxy) is 1. The summed E-state index contributed by atoms with van der Waals surface area (Å²) in [6.07, 6.45) is 2.13. The van der Waals surface area contributed by atoms with Crippen molar-refractivity contribution in [2.45, 2.75) is 18.9 Å². The van der Waals surface area contributed by atoms with E-state index in [9.17, 15) is 0 Å². The van der Waals surface area contributed by atoms with Crippen LogP contribution in [0.3, 0.4) is 0 Å². The van der Waals surface area contributed by atoms with Crippen molar-refractivity contribution in [2.24, 2.45) is 5.84 Å². The summed E-state index contributed by atoms with van der Waals surface area (Å²) in [4.78, 5) is 14.5. The number of rotatable bonds is 4. The van der Waals surface area contributed by atoms with Crippen molar-refractivity contribution in [1.82, 2.24) is 19.9 Å².